The average Bonchev–Trinajstić information content (AvgIpc) is 2.71. The second-order valence-corrected chi connectivity index (χ2v) is 4.35. The second kappa shape index (κ2) is 5.18. The molecule has 1 aromatic carbocycles. The number of carbonyl (C=O) groups excluding carboxylic acids is 2. The maximum atomic E-state index is 11.9. The standard InChI is InChI=1S/C13H15NO4/c1-8(15)12-10(7-11(16)18-12)14-13(17)9-5-3-2-4-6-9/h2-6,8,10,12,15H,7H2,1H3,(H,14,17)/t8-,10+,12+/m1/s1. The minimum absolute atomic E-state index is 0.0914. The molecule has 0 spiro atoms. The van der Waals surface area contributed by atoms with Crippen LogP contribution in [-0.4, -0.2) is 35.2 Å². The van der Waals surface area contributed by atoms with Crippen molar-refractivity contribution in [3.05, 3.63) is 35.9 Å². The number of rotatable bonds is 3. The Balaban J connectivity index is 2.05. The van der Waals surface area contributed by atoms with Crippen molar-refractivity contribution in [3.8, 4) is 0 Å². The molecule has 0 aliphatic carbocycles. The first-order valence-corrected chi connectivity index (χ1v) is 5.81. The number of aliphatic hydroxyl groups excluding tert-OH is 1. The van der Waals surface area contributed by atoms with Gasteiger partial charge in [0.05, 0.1) is 18.6 Å². The molecule has 5 heteroatoms. The van der Waals surface area contributed by atoms with Crippen LogP contribution in [0.1, 0.15) is 23.7 Å². The zero-order valence-electron chi connectivity index (χ0n) is 10.00. The highest BCUT2D eigenvalue weighted by molar-refractivity contribution is 5.94. The van der Waals surface area contributed by atoms with Crippen molar-refractivity contribution in [1.82, 2.24) is 5.32 Å². The van der Waals surface area contributed by atoms with Crippen molar-refractivity contribution in [1.29, 1.82) is 0 Å². The lowest BCUT2D eigenvalue weighted by atomic mass is 10.1. The van der Waals surface area contributed by atoms with Crippen molar-refractivity contribution in [2.75, 3.05) is 0 Å². The van der Waals surface area contributed by atoms with E-state index in [2.05, 4.69) is 5.32 Å². The molecule has 1 saturated heterocycles. The lowest BCUT2D eigenvalue weighted by Crippen LogP contribution is -2.44. The van der Waals surface area contributed by atoms with E-state index in [9.17, 15) is 14.7 Å². The van der Waals surface area contributed by atoms with Gasteiger partial charge in [0.1, 0.15) is 6.10 Å². The van der Waals surface area contributed by atoms with Crippen molar-refractivity contribution in [2.24, 2.45) is 0 Å². The molecule has 2 N–H and O–H groups in total. The average molecular weight is 249 g/mol. The third-order valence-corrected chi connectivity index (χ3v) is 2.88. The summed E-state index contributed by atoms with van der Waals surface area (Å²) >= 11 is 0. The first-order valence-electron chi connectivity index (χ1n) is 5.81. The van der Waals surface area contributed by atoms with E-state index < -0.39 is 24.2 Å². The summed E-state index contributed by atoms with van der Waals surface area (Å²) in [5, 5.41) is 12.2. The Morgan fingerprint density at radius 2 is 2.11 bits per heavy atom. The number of nitrogens with one attached hydrogen (secondary N) is 1. The minimum Gasteiger partial charge on any atom is -0.457 e. The van der Waals surface area contributed by atoms with Crippen LogP contribution in [0.15, 0.2) is 30.3 Å². The van der Waals surface area contributed by atoms with E-state index >= 15 is 0 Å². The van der Waals surface area contributed by atoms with Gasteiger partial charge in [0.25, 0.3) is 5.91 Å². The fourth-order valence-corrected chi connectivity index (χ4v) is 1.99. The summed E-state index contributed by atoms with van der Waals surface area (Å²) in [4.78, 5) is 23.1. The fourth-order valence-electron chi connectivity index (χ4n) is 1.99. The molecule has 1 aliphatic rings. The second-order valence-electron chi connectivity index (χ2n) is 4.35. The molecule has 18 heavy (non-hydrogen) atoms. The summed E-state index contributed by atoms with van der Waals surface area (Å²) in [5.74, 6) is -0.677. The molecular weight excluding hydrogens is 234 g/mol. The number of carbonyl (C=O) groups is 2. The number of ether oxygens (including phenoxy) is 1. The maximum Gasteiger partial charge on any atom is 0.308 e. The van der Waals surface area contributed by atoms with Gasteiger partial charge in [-0.3, -0.25) is 9.59 Å². The first-order chi connectivity index (χ1) is 8.58. The molecule has 0 unspecified atom stereocenters. The summed E-state index contributed by atoms with van der Waals surface area (Å²) in [6.07, 6.45) is -1.39. The Bertz CT molecular complexity index is 444. The molecule has 5 nitrogen and oxygen atoms in total. The quantitative estimate of drug-likeness (QED) is 0.764. The van der Waals surface area contributed by atoms with Gasteiger partial charge in [-0.25, -0.2) is 0 Å². The summed E-state index contributed by atoms with van der Waals surface area (Å²) in [5.41, 5.74) is 0.515. The zero-order valence-corrected chi connectivity index (χ0v) is 10.00. The van der Waals surface area contributed by atoms with Crippen LogP contribution < -0.4 is 5.32 Å². The lowest BCUT2D eigenvalue weighted by molar-refractivity contribution is -0.145. The number of esters is 1. The summed E-state index contributed by atoms with van der Waals surface area (Å²) in [6.45, 7) is 1.53. The van der Waals surface area contributed by atoms with Crippen LogP contribution >= 0.6 is 0 Å². The fraction of sp³-hybridized carbons (Fsp3) is 0.385. The zero-order chi connectivity index (χ0) is 13.1. The van der Waals surface area contributed by atoms with E-state index in [-0.39, 0.29) is 12.3 Å². The Morgan fingerprint density at radius 1 is 1.44 bits per heavy atom. The van der Waals surface area contributed by atoms with Crippen LogP contribution in [0, 0.1) is 0 Å². The highest BCUT2D eigenvalue weighted by Gasteiger charge is 2.38. The van der Waals surface area contributed by atoms with Crippen molar-refractivity contribution >= 4 is 11.9 Å². The lowest BCUT2D eigenvalue weighted by Gasteiger charge is -2.20. The third-order valence-electron chi connectivity index (χ3n) is 2.88. The Labute approximate surface area is 105 Å². The highest BCUT2D eigenvalue weighted by atomic mass is 16.6. The Morgan fingerprint density at radius 3 is 2.72 bits per heavy atom. The Kier molecular flexibility index (Phi) is 3.62. The molecule has 1 amide bonds. The van der Waals surface area contributed by atoms with Gasteiger partial charge in [-0.15, -0.1) is 0 Å². The molecule has 0 bridgehead atoms. The molecular formula is C13H15NO4. The van der Waals surface area contributed by atoms with Crippen molar-refractivity contribution < 1.29 is 19.4 Å². The van der Waals surface area contributed by atoms with Crippen molar-refractivity contribution in [2.45, 2.75) is 31.6 Å². The van der Waals surface area contributed by atoms with Gasteiger partial charge in [0.15, 0.2) is 0 Å². The predicted octanol–water partition coefficient (Wildman–Crippen LogP) is 0.481. The molecule has 96 valence electrons. The topological polar surface area (TPSA) is 75.6 Å². The minimum atomic E-state index is -0.808. The van der Waals surface area contributed by atoms with Crippen molar-refractivity contribution in [3.63, 3.8) is 0 Å². The first kappa shape index (κ1) is 12.6. The number of benzene rings is 1. The summed E-state index contributed by atoms with van der Waals surface area (Å²) in [7, 11) is 0. The molecule has 2 rings (SSSR count). The summed E-state index contributed by atoms with van der Waals surface area (Å²) in [6, 6.07) is 8.23. The highest BCUT2D eigenvalue weighted by Crippen LogP contribution is 2.18. The van der Waals surface area contributed by atoms with Gasteiger partial charge < -0.3 is 15.2 Å². The number of amides is 1. The van der Waals surface area contributed by atoms with Gasteiger partial charge in [-0.2, -0.15) is 0 Å². The molecule has 0 radical (unpaired) electrons. The van der Waals surface area contributed by atoms with Crippen LogP contribution in [0.2, 0.25) is 0 Å². The number of hydrogen-bond donors (Lipinski definition) is 2. The van der Waals surface area contributed by atoms with Gasteiger partial charge in [0.2, 0.25) is 0 Å². The molecule has 1 aliphatic heterocycles. The molecule has 1 heterocycles. The van der Waals surface area contributed by atoms with E-state index in [4.69, 9.17) is 4.74 Å². The molecule has 3 atom stereocenters. The van der Waals surface area contributed by atoms with E-state index in [1.54, 1.807) is 24.3 Å². The monoisotopic (exact) mass is 249 g/mol. The maximum absolute atomic E-state index is 11.9. The molecule has 1 fully saturated rings. The SMILES string of the molecule is C[C@@H](O)[C@@H]1OC(=O)C[C@@H]1NC(=O)c1ccccc1. The number of aliphatic hydroxyl groups is 1. The molecule has 1 aromatic rings. The number of cyclic esters (lactones) is 1. The molecule has 0 saturated carbocycles. The van der Waals surface area contributed by atoms with Gasteiger partial charge >= 0.3 is 5.97 Å². The van der Waals surface area contributed by atoms with Gasteiger partial charge in [-0.1, -0.05) is 18.2 Å². The van der Waals surface area contributed by atoms with Crippen LogP contribution in [0.3, 0.4) is 0 Å². The van der Waals surface area contributed by atoms with Gasteiger partial charge in [-0.05, 0) is 19.1 Å². The van der Waals surface area contributed by atoms with Crippen LogP contribution in [0.5, 0.6) is 0 Å². The van der Waals surface area contributed by atoms with E-state index in [0.29, 0.717) is 5.56 Å². The normalized spacial score (nSPS) is 24.4. The van der Waals surface area contributed by atoms with E-state index in [0.717, 1.165) is 0 Å². The predicted molar refractivity (Wildman–Crippen MR) is 63.9 cm³/mol. The van der Waals surface area contributed by atoms with E-state index in [1.165, 1.54) is 6.92 Å². The van der Waals surface area contributed by atoms with Crippen LogP contribution in [0.25, 0.3) is 0 Å². The van der Waals surface area contributed by atoms with E-state index in [1.807, 2.05) is 6.07 Å². The molecule has 0 aromatic heterocycles. The summed E-state index contributed by atoms with van der Waals surface area (Å²) < 4.78 is 4.97. The largest absolute Gasteiger partial charge is 0.457 e. The Hall–Kier alpha value is -1.88. The smallest absolute Gasteiger partial charge is 0.308 e. The van der Waals surface area contributed by atoms with Gasteiger partial charge in [0, 0.05) is 5.56 Å². The third kappa shape index (κ3) is 2.68. The van der Waals surface area contributed by atoms with Crippen LogP contribution in [0.4, 0.5) is 0 Å². The number of hydrogen-bond acceptors (Lipinski definition) is 4. The van der Waals surface area contributed by atoms with Crippen LogP contribution in [-0.2, 0) is 9.53 Å².